The summed E-state index contributed by atoms with van der Waals surface area (Å²) in [6.45, 7) is 19.6. The Morgan fingerprint density at radius 1 is 0.440 bits per heavy atom. The summed E-state index contributed by atoms with van der Waals surface area (Å²) >= 11 is 0. The van der Waals surface area contributed by atoms with Crippen molar-refractivity contribution in [1.82, 2.24) is 4.90 Å². The molecule has 0 aromatic rings. The van der Waals surface area contributed by atoms with Gasteiger partial charge in [0.1, 0.15) is 0 Å². The van der Waals surface area contributed by atoms with Crippen molar-refractivity contribution in [3.8, 4) is 0 Å². The predicted molar refractivity (Wildman–Crippen MR) is 96.8 cm³/mol. The maximum Gasteiger partial charge on any atom is 0.235 e. The first-order valence-corrected chi connectivity index (χ1v) is 9.37. The minimum absolute atomic E-state index is 0.440. The summed E-state index contributed by atoms with van der Waals surface area (Å²) in [7, 11) is 0. The highest BCUT2D eigenvalue weighted by molar-refractivity contribution is 4.83. The van der Waals surface area contributed by atoms with Crippen LogP contribution in [-0.2, 0) is 28.4 Å². The van der Waals surface area contributed by atoms with Gasteiger partial charge in [-0.05, 0) is 41.5 Å². The number of nitrogens with zero attached hydrogens (tertiary/aromatic N) is 1. The Balaban J connectivity index is 6.32. The van der Waals surface area contributed by atoms with Gasteiger partial charge in [-0.15, -0.1) is 4.90 Å². The van der Waals surface area contributed by atoms with Crippen LogP contribution in [0.1, 0.15) is 62.3 Å². The second kappa shape index (κ2) is 11.4. The summed E-state index contributed by atoms with van der Waals surface area (Å²) < 4.78 is 36.0. The molecule has 0 atom stereocenters. The highest BCUT2D eigenvalue weighted by Gasteiger charge is 2.57. The van der Waals surface area contributed by atoms with E-state index in [1.54, 1.807) is 4.90 Å². The summed E-state index contributed by atoms with van der Waals surface area (Å²) in [5.41, 5.74) is 0. The van der Waals surface area contributed by atoms with Gasteiger partial charge in [0.25, 0.3) is 0 Å². The zero-order valence-corrected chi connectivity index (χ0v) is 17.6. The van der Waals surface area contributed by atoms with E-state index in [-0.39, 0.29) is 0 Å². The molecule has 0 saturated heterocycles. The molecule has 0 aliphatic rings. The first-order chi connectivity index (χ1) is 11.7. The molecular formula is C18H39NO6. The van der Waals surface area contributed by atoms with Crippen molar-refractivity contribution >= 4 is 0 Å². The monoisotopic (exact) mass is 365 g/mol. The van der Waals surface area contributed by atoms with E-state index >= 15 is 0 Å². The quantitative estimate of drug-likeness (QED) is 0.411. The van der Waals surface area contributed by atoms with E-state index in [0.717, 1.165) is 0 Å². The van der Waals surface area contributed by atoms with Crippen molar-refractivity contribution < 1.29 is 28.4 Å². The Labute approximate surface area is 153 Å². The van der Waals surface area contributed by atoms with Gasteiger partial charge in [0, 0.05) is 60.4 Å². The molecule has 0 aromatic carbocycles. The van der Waals surface area contributed by atoms with Crippen molar-refractivity contribution in [3.63, 3.8) is 0 Å². The first kappa shape index (κ1) is 24.7. The molecule has 7 heteroatoms. The van der Waals surface area contributed by atoms with Crippen LogP contribution in [0.25, 0.3) is 0 Å². The van der Waals surface area contributed by atoms with Crippen LogP contribution in [0.15, 0.2) is 0 Å². The third-order valence-corrected chi connectivity index (χ3v) is 3.69. The Kier molecular flexibility index (Phi) is 11.3. The second-order valence-corrected chi connectivity index (χ2v) is 5.63. The van der Waals surface area contributed by atoms with Crippen LogP contribution in [-0.4, -0.2) is 62.3 Å². The third kappa shape index (κ3) is 6.43. The molecule has 7 nitrogen and oxygen atoms in total. The van der Waals surface area contributed by atoms with E-state index in [1.165, 1.54) is 0 Å². The highest BCUT2D eigenvalue weighted by Crippen LogP contribution is 2.39. The standard InChI is InChI=1S/C18H39NO6/c1-10-20-16(7,21-11-2)19(17(8,22-12-3)23-13-4)18(9,24-14-5)25-15-6/h10-15H2,1-9H3. The number of ether oxygens (including phenoxy) is 6. The van der Waals surface area contributed by atoms with Gasteiger partial charge >= 0.3 is 0 Å². The molecule has 0 aliphatic carbocycles. The molecule has 0 aromatic heterocycles. The maximum absolute atomic E-state index is 5.99. The van der Waals surface area contributed by atoms with Gasteiger partial charge < -0.3 is 28.4 Å². The summed E-state index contributed by atoms with van der Waals surface area (Å²) in [4.78, 5) is 1.75. The Morgan fingerprint density at radius 3 is 0.720 bits per heavy atom. The average molecular weight is 366 g/mol. The van der Waals surface area contributed by atoms with E-state index in [4.69, 9.17) is 28.4 Å². The smallest absolute Gasteiger partial charge is 0.235 e. The molecule has 25 heavy (non-hydrogen) atoms. The molecule has 0 heterocycles. The molecule has 0 fully saturated rings. The van der Waals surface area contributed by atoms with E-state index in [9.17, 15) is 0 Å². The van der Waals surface area contributed by atoms with Crippen LogP contribution >= 0.6 is 0 Å². The van der Waals surface area contributed by atoms with Gasteiger partial charge in [-0.25, -0.2) is 0 Å². The lowest BCUT2D eigenvalue weighted by Crippen LogP contribution is -2.72. The molecule has 152 valence electrons. The Morgan fingerprint density at radius 2 is 0.600 bits per heavy atom. The van der Waals surface area contributed by atoms with Crippen molar-refractivity contribution in [1.29, 1.82) is 0 Å². The zero-order valence-electron chi connectivity index (χ0n) is 17.6. The van der Waals surface area contributed by atoms with Crippen LogP contribution in [0.5, 0.6) is 0 Å². The van der Waals surface area contributed by atoms with Crippen LogP contribution < -0.4 is 0 Å². The minimum Gasteiger partial charge on any atom is -0.337 e. The van der Waals surface area contributed by atoms with Gasteiger partial charge in [0.15, 0.2) is 0 Å². The predicted octanol–water partition coefficient (Wildman–Crippen LogP) is 3.53. The van der Waals surface area contributed by atoms with Crippen molar-refractivity contribution in [2.24, 2.45) is 0 Å². The summed E-state index contributed by atoms with van der Waals surface area (Å²) in [6, 6.07) is 0. The van der Waals surface area contributed by atoms with Gasteiger partial charge in [-0.3, -0.25) is 0 Å². The number of hydrogen-bond donors (Lipinski definition) is 0. The van der Waals surface area contributed by atoms with Crippen LogP contribution in [0.2, 0.25) is 0 Å². The minimum atomic E-state index is -1.18. The van der Waals surface area contributed by atoms with E-state index < -0.39 is 17.7 Å². The lowest BCUT2D eigenvalue weighted by atomic mass is 10.2. The van der Waals surface area contributed by atoms with Crippen molar-refractivity contribution in [2.75, 3.05) is 39.6 Å². The molecule has 0 spiro atoms. The third-order valence-electron chi connectivity index (χ3n) is 3.69. The summed E-state index contributed by atoms with van der Waals surface area (Å²) in [5.74, 6) is -3.54. The lowest BCUT2D eigenvalue weighted by molar-refractivity contribution is -0.496. The normalized spacial score (nSPS) is 13.7. The van der Waals surface area contributed by atoms with Gasteiger partial charge in [0.05, 0.1) is 0 Å². The summed E-state index contributed by atoms with van der Waals surface area (Å²) in [6.07, 6.45) is 0. The largest absolute Gasteiger partial charge is 0.337 e. The molecule has 0 bridgehead atoms. The number of hydrogen-bond acceptors (Lipinski definition) is 7. The Hall–Kier alpha value is -0.280. The van der Waals surface area contributed by atoms with Gasteiger partial charge in [0.2, 0.25) is 17.7 Å². The van der Waals surface area contributed by atoms with Gasteiger partial charge in [-0.2, -0.15) is 0 Å². The van der Waals surface area contributed by atoms with Crippen molar-refractivity contribution in [3.05, 3.63) is 0 Å². The Bertz CT molecular complexity index is 282. The molecular weight excluding hydrogens is 326 g/mol. The summed E-state index contributed by atoms with van der Waals surface area (Å²) in [5, 5.41) is 0. The molecule has 0 N–H and O–H groups in total. The molecule has 0 unspecified atom stereocenters. The van der Waals surface area contributed by atoms with E-state index in [0.29, 0.717) is 39.6 Å². The molecule has 0 radical (unpaired) electrons. The molecule has 0 amide bonds. The van der Waals surface area contributed by atoms with Crippen molar-refractivity contribution in [2.45, 2.75) is 80.0 Å². The first-order valence-electron chi connectivity index (χ1n) is 9.37. The zero-order chi connectivity index (χ0) is 19.6. The van der Waals surface area contributed by atoms with E-state index in [1.807, 2.05) is 62.3 Å². The topological polar surface area (TPSA) is 58.6 Å². The second-order valence-electron chi connectivity index (χ2n) is 5.63. The fourth-order valence-corrected chi connectivity index (χ4v) is 3.23. The van der Waals surface area contributed by atoms with Gasteiger partial charge in [-0.1, -0.05) is 0 Å². The number of rotatable bonds is 15. The average Bonchev–Trinajstić information content (AvgIpc) is 2.48. The van der Waals surface area contributed by atoms with E-state index in [2.05, 4.69) is 0 Å². The SMILES string of the molecule is CCOC(C)(OCC)N(C(C)(OCC)OCC)C(C)(OCC)OCC. The maximum atomic E-state index is 5.99. The van der Waals surface area contributed by atoms with Crippen LogP contribution in [0, 0.1) is 0 Å². The molecule has 0 aliphatic heterocycles. The van der Waals surface area contributed by atoms with Crippen LogP contribution in [0.3, 0.4) is 0 Å². The molecule has 0 saturated carbocycles. The highest BCUT2D eigenvalue weighted by atomic mass is 16.8. The molecule has 0 rings (SSSR count). The fraction of sp³-hybridized carbons (Fsp3) is 1.00. The van der Waals surface area contributed by atoms with Crippen LogP contribution in [0.4, 0.5) is 0 Å². The fourth-order valence-electron chi connectivity index (χ4n) is 3.23. The lowest BCUT2D eigenvalue weighted by Gasteiger charge is -2.54.